The minimum Gasteiger partial charge on any atom is -0.439 e. The van der Waals surface area contributed by atoms with Crippen molar-refractivity contribution >= 4 is 22.1 Å². The van der Waals surface area contributed by atoms with Gasteiger partial charge in [0.1, 0.15) is 17.4 Å². The molecule has 0 saturated carbocycles. The summed E-state index contributed by atoms with van der Waals surface area (Å²) in [6.07, 6.45) is 5.30. The van der Waals surface area contributed by atoms with Crippen molar-refractivity contribution in [2.75, 3.05) is 0 Å². The van der Waals surface area contributed by atoms with Crippen LogP contribution in [0.3, 0.4) is 0 Å². The number of rotatable bonds is 5. The average Bonchev–Trinajstić information content (AvgIpc) is 3.58. The second kappa shape index (κ2) is 8.73. The van der Waals surface area contributed by atoms with E-state index in [9.17, 15) is 0 Å². The molecule has 0 aliphatic carbocycles. The number of hydrogen-bond donors (Lipinski definition) is 2. The van der Waals surface area contributed by atoms with Gasteiger partial charge >= 0.3 is 0 Å². The Morgan fingerprint density at radius 3 is 1.81 bits per heavy atom. The molecule has 7 heteroatoms. The van der Waals surface area contributed by atoms with Crippen molar-refractivity contribution in [3.8, 4) is 45.5 Å². The molecule has 0 bridgehead atoms. The fourth-order valence-corrected chi connectivity index (χ4v) is 4.34. The molecule has 0 spiro atoms. The highest BCUT2D eigenvalue weighted by Gasteiger charge is 2.10. The molecule has 0 unspecified atom stereocenters. The van der Waals surface area contributed by atoms with Crippen molar-refractivity contribution in [1.82, 2.24) is 29.9 Å². The second-order valence-electron chi connectivity index (χ2n) is 8.67. The maximum atomic E-state index is 5.80. The Balaban J connectivity index is 1.17. The molecule has 7 nitrogen and oxygen atoms in total. The lowest BCUT2D eigenvalue weighted by Crippen LogP contribution is -1.88. The Hall–Kier alpha value is -5.30. The van der Waals surface area contributed by atoms with E-state index in [-0.39, 0.29) is 0 Å². The number of H-pyrrole nitrogens is 2. The predicted octanol–water partition coefficient (Wildman–Crippen LogP) is 7.02. The number of fused-ring (bicyclic) bond motifs is 2. The summed E-state index contributed by atoms with van der Waals surface area (Å²) in [5.41, 5.74) is 7.80. The number of imidazole rings is 2. The van der Waals surface area contributed by atoms with Gasteiger partial charge in [0.25, 0.3) is 0 Å². The number of ether oxygens (including phenoxy) is 1. The zero-order chi connectivity index (χ0) is 24.6. The van der Waals surface area contributed by atoms with E-state index < -0.39 is 0 Å². The number of hydrogen-bond acceptors (Lipinski definition) is 5. The zero-order valence-electron chi connectivity index (χ0n) is 19.6. The Morgan fingerprint density at radius 2 is 1.19 bits per heavy atom. The minimum absolute atomic E-state index is 0.536. The number of aromatic nitrogens is 6. The largest absolute Gasteiger partial charge is 0.439 e. The third kappa shape index (κ3) is 4.08. The molecule has 0 atom stereocenters. The van der Waals surface area contributed by atoms with Crippen LogP contribution >= 0.6 is 0 Å². The van der Waals surface area contributed by atoms with Gasteiger partial charge in [-0.15, -0.1) is 0 Å². The van der Waals surface area contributed by atoms with Crippen LogP contribution in [-0.2, 0) is 0 Å². The first-order valence-electron chi connectivity index (χ1n) is 11.9. The van der Waals surface area contributed by atoms with Crippen LogP contribution in [0.5, 0.6) is 11.6 Å². The van der Waals surface area contributed by atoms with E-state index in [1.165, 1.54) is 0 Å². The van der Waals surface area contributed by atoms with Crippen molar-refractivity contribution < 1.29 is 4.74 Å². The van der Waals surface area contributed by atoms with Crippen LogP contribution in [0.1, 0.15) is 0 Å². The lowest BCUT2D eigenvalue weighted by molar-refractivity contribution is 0.463. The quantitative estimate of drug-likeness (QED) is 0.276. The highest BCUT2D eigenvalue weighted by atomic mass is 16.5. The Kier molecular flexibility index (Phi) is 4.96. The third-order valence-corrected chi connectivity index (χ3v) is 6.23. The van der Waals surface area contributed by atoms with E-state index in [4.69, 9.17) is 14.7 Å². The number of aromatic amines is 2. The van der Waals surface area contributed by atoms with Crippen molar-refractivity contribution in [2.45, 2.75) is 0 Å². The van der Waals surface area contributed by atoms with Gasteiger partial charge < -0.3 is 14.7 Å². The van der Waals surface area contributed by atoms with Crippen LogP contribution in [0.25, 0.3) is 56.0 Å². The van der Waals surface area contributed by atoms with Crippen LogP contribution in [0.4, 0.5) is 0 Å². The lowest BCUT2D eigenvalue weighted by atomic mass is 10.0. The average molecular weight is 481 g/mol. The summed E-state index contributed by atoms with van der Waals surface area (Å²) in [5.74, 6) is 2.88. The van der Waals surface area contributed by atoms with Gasteiger partial charge in [-0.05, 0) is 65.7 Å². The van der Waals surface area contributed by atoms with Gasteiger partial charge in [-0.25, -0.2) is 15.0 Å². The monoisotopic (exact) mass is 480 g/mol. The van der Waals surface area contributed by atoms with Gasteiger partial charge in [-0.1, -0.05) is 30.3 Å². The molecule has 7 aromatic rings. The van der Waals surface area contributed by atoms with Gasteiger partial charge in [0.05, 0.1) is 22.1 Å². The smallest absolute Gasteiger partial charge is 0.219 e. The Morgan fingerprint density at radius 1 is 0.568 bits per heavy atom. The van der Waals surface area contributed by atoms with E-state index >= 15 is 0 Å². The molecule has 0 saturated heterocycles. The molecule has 37 heavy (non-hydrogen) atoms. The molecule has 7 rings (SSSR count). The summed E-state index contributed by atoms with van der Waals surface area (Å²) < 4.78 is 5.80. The molecular weight excluding hydrogens is 460 g/mol. The fourth-order valence-electron chi connectivity index (χ4n) is 4.34. The van der Waals surface area contributed by atoms with Crippen LogP contribution in [0.2, 0.25) is 0 Å². The summed E-state index contributed by atoms with van der Waals surface area (Å²) in [6.45, 7) is 0. The number of pyridine rings is 2. The molecule has 3 aromatic carbocycles. The van der Waals surface area contributed by atoms with Gasteiger partial charge in [-0.2, -0.15) is 0 Å². The molecule has 4 heterocycles. The second-order valence-corrected chi connectivity index (χ2v) is 8.67. The Labute approximate surface area is 211 Å². The van der Waals surface area contributed by atoms with Crippen LogP contribution in [0, 0.1) is 0 Å². The SMILES string of the molecule is c1ccc(Oc2ccc(-c3nc4cc(-c5ccc6[nH]c(-c7ccncc7)nc6c5)ccc4[nH]3)cn2)cc1. The van der Waals surface area contributed by atoms with Crippen LogP contribution in [0.15, 0.2) is 110 Å². The van der Waals surface area contributed by atoms with E-state index in [1.807, 2.05) is 54.6 Å². The molecular formula is C30H20N6O. The summed E-state index contributed by atoms with van der Waals surface area (Å²) in [7, 11) is 0. The first-order valence-corrected chi connectivity index (χ1v) is 11.9. The van der Waals surface area contributed by atoms with Crippen molar-refractivity contribution in [2.24, 2.45) is 0 Å². The van der Waals surface area contributed by atoms with Crippen molar-refractivity contribution in [3.05, 3.63) is 110 Å². The summed E-state index contributed by atoms with van der Waals surface area (Å²) >= 11 is 0. The molecule has 0 aliphatic rings. The Bertz CT molecular complexity index is 1840. The number of benzene rings is 3. The maximum absolute atomic E-state index is 5.80. The maximum Gasteiger partial charge on any atom is 0.219 e. The molecule has 0 fully saturated rings. The van der Waals surface area contributed by atoms with Crippen LogP contribution < -0.4 is 4.74 Å². The number of nitrogens with zero attached hydrogens (tertiary/aromatic N) is 4. The van der Waals surface area contributed by atoms with E-state index in [0.717, 1.165) is 61.7 Å². The zero-order valence-corrected chi connectivity index (χ0v) is 19.6. The predicted molar refractivity (Wildman–Crippen MR) is 144 cm³/mol. The molecule has 2 N–H and O–H groups in total. The molecule has 0 radical (unpaired) electrons. The number of para-hydroxylation sites is 1. The third-order valence-electron chi connectivity index (χ3n) is 6.23. The summed E-state index contributed by atoms with van der Waals surface area (Å²) in [6, 6.07) is 29.8. The highest BCUT2D eigenvalue weighted by molar-refractivity contribution is 5.88. The topological polar surface area (TPSA) is 92.4 Å². The van der Waals surface area contributed by atoms with Gasteiger partial charge in [0.15, 0.2) is 0 Å². The summed E-state index contributed by atoms with van der Waals surface area (Å²) in [4.78, 5) is 24.9. The number of nitrogens with one attached hydrogen (secondary N) is 2. The lowest BCUT2D eigenvalue weighted by Gasteiger charge is -2.04. The molecule has 4 aromatic heterocycles. The molecule has 176 valence electrons. The van der Waals surface area contributed by atoms with Gasteiger partial charge in [0, 0.05) is 35.8 Å². The minimum atomic E-state index is 0.536. The van der Waals surface area contributed by atoms with Gasteiger partial charge in [-0.3, -0.25) is 4.98 Å². The standard InChI is InChI=1S/C30H20N6O/c1-2-4-23(5-3-1)37-28-11-8-22(18-32-28)30-34-25-10-7-21(17-27(25)36-30)20-6-9-24-26(16-20)35-29(33-24)19-12-14-31-15-13-19/h1-18H,(H,33,35)(H,34,36). The molecule has 0 amide bonds. The normalized spacial score (nSPS) is 11.2. The van der Waals surface area contributed by atoms with E-state index in [1.54, 1.807) is 18.6 Å². The first-order chi connectivity index (χ1) is 18.3. The van der Waals surface area contributed by atoms with Crippen LogP contribution in [-0.4, -0.2) is 29.9 Å². The van der Waals surface area contributed by atoms with E-state index in [0.29, 0.717) is 5.88 Å². The fraction of sp³-hybridized carbons (Fsp3) is 0. The van der Waals surface area contributed by atoms with Gasteiger partial charge in [0.2, 0.25) is 5.88 Å². The molecule has 0 aliphatic heterocycles. The first kappa shape index (κ1) is 21.0. The van der Waals surface area contributed by atoms with Crippen molar-refractivity contribution in [1.29, 1.82) is 0 Å². The van der Waals surface area contributed by atoms with Crippen molar-refractivity contribution in [3.63, 3.8) is 0 Å². The summed E-state index contributed by atoms with van der Waals surface area (Å²) in [5, 5.41) is 0. The highest BCUT2D eigenvalue weighted by Crippen LogP contribution is 2.29. The van der Waals surface area contributed by atoms with E-state index in [2.05, 4.69) is 56.3 Å².